The molecular weight excluding hydrogens is 390 g/mol. The third-order valence-corrected chi connectivity index (χ3v) is 5.19. The van der Waals surface area contributed by atoms with Crippen molar-refractivity contribution in [1.82, 2.24) is 4.98 Å². The molecule has 2 aromatic carbocycles. The second-order valence-corrected chi connectivity index (χ2v) is 8.66. The van der Waals surface area contributed by atoms with E-state index in [4.69, 9.17) is 4.74 Å². The van der Waals surface area contributed by atoms with Gasteiger partial charge in [-0.1, -0.05) is 32.9 Å². The van der Waals surface area contributed by atoms with E-state index in [1.165, 1.54) is 5.56 Å². The molecule has 0 unspecified atom stereocenters. The Bertz CT molecular complexity index is 1110. The first-order valence-electron chi connectivity index (χ1n) is 10.2. The maximum absolute atomic E-state index is 12.3. The van der Waals surface area contributed by atoms with E-state index in [0.717, 1.165) is 16.9 Å². The van der Waals surface area contributed by atoms with E-state index in [2.05, 4.69) is 36.4 Å². The second kappa shape index (κ2) is 8.22. The Kier molecular flexibility index (Phi) is 5.46. The molecule has 0 saturated carbocycles. The molecule has 1 aromatic heterocycles. The molecule has 6 heteroatoms. The minimum Gasteiger partial charge on any atom is -0.457 e. The lowest BCUT2D eigenvalue weighted by Crippen LogP contribution is -2.19. The van der Waals surface area contributed by atoms with E-state index in [9.17, 15) is 9.59 Å². The van der Waals surface area contributed by atoms with Crippen molar-refractivity contribution in [3.8, 4) is 11.5 Å². The Hall–Kier alpha value is -3.67. The van der Waals surface area contributed by atoms with Gasteiger partial charge in [-0.25, -0.2) is 4.79 Å². The smallest absolute Gasteiger partial charge is 0.323 e. The lowest BCUT2D eigenvalue weighted by Gasteiger charge is -2.19. The van der Waals surface area contributed by atoms with E-state index >= 15 is 0 Å². The average Bonchev–Trinajstić information content (AvgIpc) is 3.10. The second-order valence-electron chi connectivity index (χ2n) is 8.66. The Morgan fingerprint density at radius 1 is 0.903 bits per heavy atom. The molecule has 1 heterocycles. The van der Waals surface area contributed by atoms with Crippen LogP contribution in [0.5, 0.6) is 11.5 Å². The lowest BCUT2D eigenvalue weighted by atomic mass is 9.87. The number of aromatic nitrogens is 1. The van der Waals surface area contributed by atoms with Crippen LogP contribution in [-0.2, 0) is 23.1 Å². The summed E-state index contributed by atoms with van der Waals surface area (Å²) in [5.74, 6) is 1.42. The van der Waals surface area contributed by atoms with Crippen LogP contribution in [0.15, 0.2) is 60.8 Å². The molecule has 0 radical (unpaired) electrons. The monoisotopic (exact) mass is 415 g/mol. The maximum atomic E-state index is 12.3. The van der Waals surface area contributed by atoms with E-state index in [-0.39, 0.29) is 17.2 Å². The molecule has 3 aromatic rings. The van der Waals surface area contributed by atoms with Gasteiger partial charge < -0.3 is 15.4 Å². The fourth-order valence-corrected chi connectivity index (χ4v) is 3.48. The molecule has 6 nitrogen and oxygen atoms in total. The lowest BCUT2D eigenvalue weighted by molar-refractivity contribution is -0.117. The number of nitrogens with one attached hydrogen (secondary N) is 2. The Morgan fingerprint density at radius 3 is 2.13 bits per heavy atom. The number of rotatable bonds is 4. The first-order chi connectivity index (χ1) is 14.8. The van der Waals surface area contributed by atoms with E-state index in [0.29, 0.717) is 30.0 Å². The van der Waals surface area contributed by atoms with Crippen LogP contribution in [0.4, 0.5) is 16.2 Å². The van der Waals surface area contributed by atoms with Gasteiger partial charge in [0.05, 0.1) is 5.69 Å². The molecule has 0 fully saturated rings. The molecule has 31 heavy (non-hydrogen) atoms. The Morgan fingerprint density at radius 2 is 1.52 bits per heavy atom. The first-order valence-corrected chi connectivity index (χ1v) is 10.2. The zero-order valence-electron chi connectivity index (χ0n) is 17.9. The SMILES string of the molecule is CC(C)(C)c1ccc(NC(=O)Nc2ccc(Oc3ccnc4c3CC(=O)C4)cc2)cc1. The van der Waals surface area contributed by atoms with Gasteiger partial charge in [-0.3, -0.25) is 9.78 Å². The molecule has 0 spiro atoms. The molecule has 0 atom stereocenters. The van der Waals surface area contributed by atoms with Crippen molar-refractivity contribution in [1.29, 1.82) is 0 Å². The predicted molar refractivity (Wildman–Crippen MR) is 121 cm³/mol. The number of carbonyl (C=O) groups excluding carboxylic acids is 2. The van der Waals surface area contributed by atoms with Gasteiger partial charge in [0.25, 0.3) is 0 Å². The summed E-state index contributed by atoms with van der Waals surface area (Å²) in [6.45, 7) is 6.45. The van der Waals surface area contributed by atoms with Crippen LogP contribution in [0, 0.1) is 0 Å². The first kappa shape index (κ1) is 20.6. The largest absolute Gasteiger partial charge is 0.457 e. The van der Waals surface area contributed by atoms with Crippen molar-refractivity contribution < 1.29 is 14.3 Å². The van der Waals surface area contributed by atoms with Gasteiger partial charge in [0, 0.05) is 36.0 Å². The minimum absolute atomic E-state index is 0.0659. The summed E-state index contributed by atoms with van der Waals surface area (Å²) < 4.78 is 5.94. The third kappa shape index (κ3) is 4.91. The molecule has 1 aliphatic rings. The summed E-state index contributed by atoms with van der Waals surface area (Å²) in [5, 5.41) is 5.65. The Labute approximate surface area is 181 Å². The molecule has 4 rings (SSSR count). The van der Waals surface area contributed by atoms with Gasteiger partial charge in [-0.2, -0.15) is 0 Å². The number of anilines is 2. The fourth-order valence-electron chi connectivity index (χ4n) is 3.48. The highest BCUT2D eigenvalue weighted by molar-refractivity contribution is 5.99. The zero-order valence-corrected chi connectivity index (χ0v) is 17.9. The number of benzene rings is 2. The van der Waals surface area contributed by atoms with E-state index in [1.54, 1.807) is 36.5 Å². The number of Topliss-reactive ketones (excluding diaryl/α,β-unsaturated/α-hetero) is 1. The van der Waals surface area contributed by atoms with E-state index < -0.39 is 0 Å². The fraction of sp³-hybridized carbons (Fsp3) is 0.240. The minimum atomic E-state index is -0.317. The van der Waals surface area contributed by atoms with E-state index in [1.807, 2.05) is 24.3 Å². The third-order valence-electron chi connectivity index (χ3n) is 5.19. The number of nitrogens with zero attached hydrogens (tertiary/aromatic N) is 1. The zero-order chi connectivity index (χ0) is 22.0. The number of ketones is 1. The quantitative estimate of drug-likeness (QED) is 0.591. The van der Waals surface area contributed by atoms with Gasteiger partial charge in [-0.15, -0.1) is 0 Å². The number of pyridine rings is 1. The standard InChI is InChI=1S/C25H25N3O3/c1-25(2,3)16-4-6-17(7-5-16)27-24(30)28-18-8-10-20(11-9-18)31-23-12-13-26-22-15-19(29)14-21(22)23/h4-13H,14-15H2,1-3H3,(H2,27,28,30). The summed E-state index contributed by atoms with van der Waals surface area (Å²) in [6.07, 6.45) is 2.37. The highest BCUT2D eigenvalue weighted by atomic mass is 16.5. The summed E-state index contributed by atoms with van der Waals surface area (Å²) in [6, 6.07) is 16.4. The van der Waals surface area contributed by atoms with Crippen molar-refractivity contribution in [2.45, 2.75) is 39.0 Å². The summed E-state index contributed by atoms with van der Waals surface area (Å²) >= 11 is 0. The number of hydrogen-bond donors (Lipinski definition) is 2. The summed E-state index contributed by atoms with van der Waals surface area (Å²) in [4.78, 5) is 28.3. The normalized spacial score (nSPS) is 12.9. The van der Waals surface area contributed by atoms with Crippen LogP contribution in [0.2, 0.25) is 0 Å². The van der Waals surface area contributed by atoms with Crippen molar-refractivity contribution in [2.24, 2.45) is 0 Å². The van der Waals surface area contributed by atoms with Crippen LogP contribution in [-0.4, -0.2) is 16.8 Å². The van der Waals surface area contributed by atoms with Crippen LogP contribution in [0.1, 0.15) is 37.6 Å². The molecule has 2 N–H and O–H groups in total. The van der Waals surface area contributed by atoms with Gasteiger partial charge in [0.2, 0.25) is 0 Å². The van der Waals surface area contributed by atoms with Crippen molar-refractivity contribution >= 4 is 23.2 Å². The molecule has 2 amide bonds. The molecule has 1 aliphatic carbocycles. The summed E-state index contributed by atoms with van der Waals surface area (Å²) in [7, 11) is 0. The van der Waals surface area contributed by atoms with Crippen LogP contribution >= 0.6 is 0 Å². The topological polar surface area (TPSA) is 80.3 Å². The number of ether oxygens (including phenoxy) is 1. The van der Waals surface area contributed by atoms with Crippen LogP contribution in [0.25, 0.3) is 0 Å². The van der Waals surface area contributed by atoms with Crippen molar-refractivity contribution in [3.63, 3.8) is 0 Å². The number of hydrogen-bond acceptors (Lipinski definition) is 4. The Balaban J connectivity index is 1.36. The van der Waals surface area contributed by atoms with Gasteiger partial charge in [0.1, 0.15) is 17.3 Å². The number of carbonyl (C=O) groups is 2. The maximum Gasteiger partial charge on any atom is 0.323 e. The van der Waals surface area contributed by atoms with Gasteiger partial charge >= 0.3 is 6.03 Å². The predicted octanol–water partition coefficient (Wildman–Crippen LogP) is 5.48. The number of fused-ring (bicyclic) bond motifs is 1. The average molecular weight is 415 g/mol. The van der Waals surface area contributed by atoms with Crippen LogP contribution in [0.3, 0.4) is 0 Å². The number of urea groups is 1. The van der Waals surface area contributed by atoms with Crippen LogP contribution < -0.4 is 15.4 Å². The van der Waals surface area contributed by atoms with Gasteiger partial charge in [-0.05, 0) is 53.4 Å². The molecule has 0 bridgehead atoms. The highest BCUT2D eigenvalue weighted by Crippen LogP contribution is 2.31. The van der Waals surface area contributed by atoms with Crippen molar-refractivity contribution in [2.75, 3.05) is 10.6 Å². The highest BCUT2D eigenvalue weighted by Gasteiger charge is 2.23. The summed E-state index contributed by atoms with van der Waals surface area (Å²) in [5.41, 5.74) is 4.28. The molecule has 158 valence electrons. The van der Waals surface area contributed by atoms with Gasteiger partial charge in [0.15, 0.2) is 0 Å². The number of amides is 2. The van der Waals surface area contributed by atoms with Crippen molar-refractivity contribution in [3.05, 3.63) is 77.6 Å². The molecule has 0 aliphatic heterocycles. The molecular formula is C25H25N3O3. The molecule has 0 saturated heterocycles.